The van der Waals surface area contributed by atoms with E-state index in [2.05, 4.69) is 6.92 Å². The van der Waals surface area contributed by atoms with Gasteiger partial charge in [0.2, 0.25) is 0 Å². The Morgan fingerprint density at radius 3 is 2.71 bits per heavy atom. The fraction of sp³-hybridized carbons (Fsp3) is 0.611. The zero-order chi connectivity index (χ0) is 15.2. The molecule has 2 rings (SSSR count). The van der Waals surface area contributed by atoms with Gasteiger partial charge < -0.3 is 10.2 Å². The van der Waals surface area contributed by atoms with Gasteiger partial charge in [0.25, 0.3) is 0 Å². The number of carboxylic acid groups (broad SMARTS) is 1. The molecule has 0 amide bonds. The van der Waals surface area contributed by atoms with Crippen molar-refractivity contribution in [2.75, 3.05) is 0 Å². The van der Waals surface area contributed by atoms with Crippen LogP contribution < -0.4 is 0 Å². The molecule has 1 aromatic carbocycles. The van der Waals surface area contributed by atoms with Gasteiger partial charge in [-0.15, -0.1) is 0 Å². The van der Waals surface area contributed by atoms with Crippen molar-refractivity contribution in [3.63, 3.8) is 0 Å². The van der Waals surface area contributed by atoms with E-state index in [0.717, 1.165) is 36.0 Å². The predicted molar refractivity (Wildman–Crippen MR) is 83.3 cm³/mol. The van der Waals surface area contributed by atoms with Crippen LogP contribution in [0, 0.1) is 5.92 Å². The molecule has 1 aliphatic carbocycles. The van der Waals surface area contributed by atoms with Crippen molar-refractivity contribution >= 4 is 5.97 Å². The molecule has 116 valence electrons. The molecular weight excluding hydrogens is 264 g/mol. The number of aliphatic hydroxyl groups is 1. The second-order valence-electron chi connectivity index (χ2n) is 6.15. The van der Waals surface area contributed by atoms with Crippen molar-refractivity contribution in [3.05, 3.63) is 34.9 Å². The standard InChI is InChI=1S/C18H26O3/c1-2-3-4-5-6-10-17(19)15-9-7-8-13-11-14(18(20)21)12-16(13)15/h7-9,14,17,19H,2-6,10-12H2,1H3,(H,20,21). The predicted octanol–water partition coefficient (Wildman–Crippen LogP) is 3.88. The molecule has 0 aromatic heterocycles. The van der Waals surface area contributed by atoms with Crippen LogP contribution in [-0.2, 0) is 17.6 Å². The van der Waals surface area contributed by atoms with Crippen LogP contribution in [0.1, 0.15) is 68.2 Å². The number of rotatable bonds is 8. The number of fused-ring (bicyclic) bond motifs is 1. The second-order valence-corrected chi connectivity index (χ2v) is 6.15. The maximum absolute atomic E-state index is 11.2. The molecule has 0 radical (unpaired) electrons. The number of unbranched alkanes of at least 4 members (excludes halogenated alkanes) is 4. The van der Waals surface area contributed by atoms with E-state index in [-0.39, 0.29) is 5.92 Å². The molecule has 3 heteroatoms. The van der Waals surface area contributed by atoms with E-state index in [9.17, 15) is 15.0 Å². The molecule has 0 saturated heterocycles. The molecule has 0 fully saturated rings. The first-order valence-corrected chi connectivity index (χ1v) is 8.15. The summed E-state index contributed by atoms with van der Waals surface area (Å²) in [6, 6.07) is 5.90. The molecule has 2 N–H and O–H groups in total. The van der Waals surface area contributed by atoms with E-state index < -0.39 is 12.1 Å². The maximum atomic E-state index is 11.2. The summed E-state index contributed by atoms with van der Waals surface area (Å²) < 4.78 is 0. The first-order chi connectivity index (χ1) is 10.1. The Balaban J connectivity index is 1.95. The van der Waals surface area contributed by atoms with E-state index in [4.69, 9.17) is 0 Å². The lowest BCUT2D eigenvalue weighted by Crippen LogP contribution is -2.13. The molecule has 0 spiro atoms. The molecule has 0 aliphatic heterocycles. The van der Waals surface area contributed by atoms with Crippen LogP contribution in [0.15, 0.2) is 18.2 Å². The summed E-state index contributed by atoms with van der Waals surface area (Å²) in [7, 11) is 0. The van der Waals surface area contributed by atoms with Gasteiger partial charge in [0.1, 0.15) is 0 Å². The summed E-state index contributed by atoms with van der Waals surface area (Å²) in [4.78, 5) is 11.2. The van der Waals surface area contributed by atoms with Crippen molar-refractivity contribution in [1.29, 1.82) is 0 Å². The number of carbonyl (C=O) groups is 1. The third kappa shape index (κ3) is 4.07. The van der Waals surface area contributed by atoms with Gasteiger partial charge in [0.05, 0.1) is 12.0 Å². The lowest BCUT2D eigenvalue weighted by Gasteiger charge is -2.15. The lowest BCUT2D eigenvalue weighted by atomic mass is 9.95. The number of hydrogen-bond donors (Lipinski definition) is 2. The Hall–Kier alpha value is -1.35. The highest BCUT2D eigenvalue weighted by molar-refractivity contribution is 5.72. The van der Waals surface area contributed by atoms with E-state index in [1.165, 1.54) is 19.3 Å². The monoisotopic (exact) mass is 290 g/mol. The Bertz CT molecular complexity index is 481. The maximum Gasteiger partial charge on any atom is 0.307 e. The van der Waals surface area contributed by atoms with E-state index in [0.29, 0.717) is 12.8 Å². The summed E-state index contributed by atoms with van der Waals surface area (Å²) >= 11 is 0. The SMILES string of the molecule is CCCCCCCC(O)c1cccc2c1CC(C(=O)O)C2. The van der Waals surface area contributed by atoms with Crippen LogP contribution in [0.25, 0.3) is 0 Å². The minimum atomic E-state index is -0.730. The fourth-order valence-corrected chi connectivity index (χ4v) is 3.26. The normalized spacial score (nSPS) is 18.5. The number of benzene rings is 1. The van der Waals surface area contributed by atoms with Crippen molar-refractivity contribution < 1.29 is 15.0 Å². The zero-order valence-corrected chi connectivity index (χ0v) is 12.8. The molecule has 3 nitrogen and oxygen atoms in total. The van der Waals surface area contributed by atoms with Crippen LogP contribution in [0.3, 0.4) is 0 Å². The van der Waals surface area contributed by atoms with Crippen molar-refractivity contribution in [3.8, 4) is 0 Å². The van der Waals surface area contributed by atoms with Gasteiger partial charge in [0.15, 0.2) is 0 Å². The topological polar surface area (TPSA) is 57.5 Å². The van der Waals surface area contributed by atoms with E-state index >= 15 is 0 Å². The lowest BCUT2D eigenvalue weighted by molar-refractivity contribution is -0.141. The molecule has 0 heterocycles. The van der Waals surface area contributed by atoms with Gasteiger partial charge in [-0.05, 0) is 36.0 Å². The highest BCUT2D eigenvalue weighted by Crippen LogP contribution is 2.34. The summed E-state index contributed by atoms with van der Waals surface area (Å²) in [6.07, 6.45) is 7.41. The summed E-state index contributed by atoms with van der Waals surface area (Å²) in [5.74, 6) is -1.05. The third-order valence-electron chi connectivity index (χ3n) is 4.52. The molecular formula is C18H26O3. The number of hydrogen-bond acceptors (Lipinski definition) is 2. The molecule has 0 bridgehead atoms. The minimum Gasteiger partial charge on any atom is -0.481 e. The van der Waals surface area contributed by atoms with E-state index in [1.807, 2.05) is 18.2 Å². The highest BCUT2D eigenvalue weighted by Gasteiger charge is 2.29. The largest absolute Gasteiger partial charge is 0.481 e. The average molecular weight is 290 g/mol. The van der Waals surface area contributed by atoms with Crippen molar-refractivity contribution in [2.45, 2.75) is 64.4 Å². The first-order valence-electron chi connectivity index (χ1n) is 8.15. The summed E-state index contributed by atoms with van der Waals surface area (Å²) in [5, 5.41) is 19.6. The van der Waals surface area contributed by atoms with Gasteiger partial charge in [0, 0.05) is 0 Å². The molecule has 2 unspecified atom stereocenters. The van der Waals surface area contributed by atoms with E-state index in [1.54, 1.807) is 0 Å². The summed E-state index contributed by atoms with van der Waals surface area (Å²) in [5.41, 5.74) is 3.13. The molecule has 2 atom stereocenters. The van der Waals surface area contributed by atoms with Crippen LogP contribution in [0.5, 0.6) is 0 Å². The van der Waals surface area contributed by atoms with Crippen LogP contribution >= 0.6 is 0 Å². The molecule has 0 saturated carbocycles. The van der Waals surface area contributed by atoms with Gasteiger partial charge in [-0.2, -0.15) is 0 Å². The van der Waals surface area contributed by atoms with Gasteiger partial charge in [-0.3, -0.25) is 4.79 Å². The fourth-order valence-electron chi connectivity index (χ4n) is 3.26. The smallest absolute Gasteiger partial charge is 0.307 e. The van der Waals surface area contributed by atoms with Crippen LogP contribution in [-0.4, -0.2) is 16.2 Å². The Labute approximate surface area is 127 Å². The van der Waals surface area contributed by atoms with Crippen molar-refractivity contribution in [1.82, 2.24) is 0 Å². The van der Waals surface area contributed by atoms with Crippen LogP contribution in [0.4, 0.5) is 0 Å². The van der Waals surface area contributed by atoms with Crippen molar-refractivity contribution in [2.24, 2.45) is 5.92 Å². The Morgan fingerprint density at radius 2 is 2.00 bits per heavy atom. The second kappa shape index (κ2) is 7.60. The van der Waals surface area contributed by atoms with Gasteiger partial charge in [-0.25, -0.2) is 0 Å². The molecule has 1 aromatic rings. The first kappa shape index (κ1) is 16.0. The number of aliphatic carboxylic acids is 1. The minimum absolute atomic E-state index is 0.321. The summed E-state index contributed by atoms with van der Waals surface area (Å²) in [6.45, 7) is 2.20. The molecule has 1 aliphatic rings. The number of carboxylic acids is 1. The Morgan fingerprint density at radius 1 is 1.24 bits per heavy atom. The average Bonchev–Trinajstić information content (AvgIpc) is 2.91. The highest BCUT2D eigenvalue weighted by atomic mass is 16.4. The quantitative estimate of drug-likeness (QED) is 0.714. The number of aliphatic hydroxyl groups excluding tert-OH is 1. The third-order valence-corrected chi connectivity index (χ3v) is 4.52. The zero-order valence-electron chi connectivity index (χ0n) is 12.8. The van der Waals surface area contributed by atoms with Crippen LogP contribution in [0.2, 0.25) is 0 Å². The Kier molecular flexibility index (Phi) is 5.80. The molecule has 21 heavy (non-hydrogen) atoms. The van der Waals surface area contributed by atoms with Gasteiger partial charge in [-0.1, -0.05) is 57.2 Å². The van der Waals surface area contributed by atoms with Gasteiger partial charge >= 0.3 is 5.97 Å².